The SMILES string of the molecule is Cc1ccc(N([C@@H](C)C(=O)Nc2c(C)n(C)n(-c3ccccc3)c2=O)S(C)(=O)=O)cc1. The Balaban J connectivity index is 1.97. The Hall–Kier alpha value is -3.33. The lowest BCUT2D eigenvalue weighted by molar-refractivity contribution is -0.116. The van der Waals surface area contributed by atoms with Crippen molar-refractivity contribution in [1.82, 2.24) is 9.36 Å². The van der Waals surface area contributed by atoms with Crippen LogP contribution < -0.4 is 15.2 Å². The van der Waals surface area contributed by atoms with Crippen LogP contribution in [0.4, 0.5) is 11.4 Å². The number of hydrogen-bond acceptors (Lipinski definition) is 4. The molecule has 0 bridgehead atoms. The van der Waals surface area contributed by atoms with E-state index in [1.165, 1.54) is 11.6 Å². The highest BCUT2D eigenvalue weighted by molar-refractivity contribution is 7.92. The Kier molecular flexibility index (Phi) is 6.08. The first-order valence-corrected chi connectivity index (χ1v) is 11.6. The molecule has 0 aliphatic carbocycles. The van der Waals surface area contributed by atoms with Gasteiger partial charge in [0.15, 0.2) is 0 Å². The summed E-state index contributed by atoms with van der Waals surface area (Å²) in [6.45, 7) is 5.10. The number of aromatic nitrogens is 2. The van der Waals surface area contributed by atoms with Gasteiger partial charge < -0.3 is 5.32 Å². The zero-order valence-electron chi connectivity index (χ0n) is 18.2. The molecule has 1 aromatic heterocycles. The average molecular weight is 443 g/mol. The molecule has 31 heavy (non-hydrogen) atoms. The lowest BCUT2D eigenvalue weighted by Gasteiger charge is -2.28. The Labute approximate surface area is 181 Å². The van der Waals surface area contributed by atoms with Gasteiger partial charge >= 0.3 is 0 Å². The van der Waals surface area contributed by atoms with E-state index < -0.39 is 27.5 Å². The number of rotatable bonds is 6. The van der Waals surface area contributed by atoms with Crippen LogP contribution in [-0.4, -0.2) is 36.0 Å². The van der Waals surface area contributed by atoms with Crippen LogP contribution in [0.25, 0.3) is 5.69 Å². The van der Waals surface area contributed by atoms with Crippen LogP contribution in [0, 0.1) is 13.8 Å². The molecule has 3 rings (SSSR count). The standard InChI is InChI=1S/C22H26N4O4S/c1-15-11-13-19(14-12-15)26(31(5,29)30)17(3)21(27)23-20-16(2)24(4)25(22(20)28)18-9-7-6-8-10-18/h6-14,17H,1-5H3,(H,23,27)/t17-/m0/s1. The molecule has 0 aliphatic heterocycles. The first-order chi connectivity index (χ1) is 14.5. The highest BCUT2D eigenvalue weighted by Gasteiger charge is 2.30. The first kappa shape index (κ1) is 22.4. The molecule has 1 amide bonds. The Morgan fingerprint density at radius 3 is 2.16 bits per heavy atom. The fourth-order valence-corrected chi connectivity index (χ4v) is 4.62. The van der Waals surface area contributed by atoms with Gasteiger partial charge in [-0.25, -0.2) is 13.1 Å². The lowest BCUT2D eigenvalue weighted by Crippen LogP contribution is -2.45. The van der Waals surface area contributed by atoms with Gasteiger partial charge in [-0.3, -0.25) is 18.6 Å². The highest BCUT2D eigenvalue weighted by Crippen LogP contribution is 2.22. The molecule has 0 unspecified atom stereocenters. The number of anilines is 2. The maximum atomic E-state index is 13.0. The maximum absolute atomic E-state index is 13.0. The van der Waals surface area contributed by atoms with Crippen molar-refractivity contribution in [1.29, 1.82) is 0 Å². The van der Waals surface area contributed by atoms with Gasteiger partial charge in [0.1, 0.15) is 11.7 Å². The topological polar surface area (TPSA) is 93.4 Å². The molecule has 0 spiro atoms. The Bertz CT molecular complexity index is 1260. The summed E-state index contributed by atoms with van der Waals surface area (Å²) in [5.74, 6) is -0.600. The molecule has 0 fully saturated rings. The van der Waals surface area contributed by atoms with Crippen LogP contribution >= 0.6 is 0 Å². The highest BCUT2D eigenvalue weighted by atomic mass is 32.2. The summed E-state index contributed by atoms with van der Waals surface area (Å²) in [6.07, 6.45) is 1.05. The largest absolute Gasteiger partial charge is 0.318 e. The molecule has 0 saturated heterocycles. The summed E-state index contributed by atoms with van der Waals surface area (Å²) < 4.78 is 29.1. The molecule has 0 aliphatic rings. The second-order valence-corrected chi connectivity index (χ2v) is 9.36. The first-order valence-electron chi connectivity index (χ1n) is 9.73. The van der Waals surface area contributed by atoms with E-state index in [2.05, 4.69) is 5.32 Å². The van der Waals surface area contributed by atoms with E-state index in [9.17, 15) is 18.0 Å². The number of carbonyl (C=O) groups is 1. The third-order valence-corrected chi connectivity index (χ3v) is 6.42. The third kappa shape index (κ3) is 4.41. The van der Waals surface area contributed by atoms with Crippen LogP contribution in [0.1, 0.15) is 18.2 Å². The van der Waals surface area contributed by atoms with E-state index in [1.54, 1.807) is 55.1 Å². The number of amides is 1. The number of nitrogens with zero attached hydrogens (tertiary/aromatic N) is 3. The van der Waals surface area contributed by atoms with E-state index in [4.69, 9.17) is 0 Å². The van der Waals surface area contributed by atoms with Crippen molar-refractivity contribution in [3.8, 4) is 5.69 Å². The van der Waals surface area contributed by atoms with Gasteiger partial charge in [-0.05, 0) is 45.0 Å². The van der Waals surface area contributed by atoms with Gasteiger partial charge in [-0.2, -0.15) is 0 Å². The van der Waals surface area contributed by atoms with Crippen molar-refractivity contribution in [3.63, 3.8) is 0 Å². The minimum absolute atomic E-state index is 0.112. The minimum Gasteiger partial charge on any atom is -0.318 e. The summed E-state index contributed by atoms with van der Waals surface area (Å²) in [6, 6.07) is 14.8. The van der Waals surface area contributed by atoms with Crippen LogP contribution in [-0.2, 0) is 21.9 Å². The fourth-order valence-electron chi connectivity index (χ4n) is 3.44. The van der Waals surface area contributed by atoms with Crippen LogP contribution in [0.2, 0.25) is 0 Å². The normalized spacial score (nSPS) is 12.4. The van der Waals surface area contributed by atoms with Gasteiger partial charge in [0.25, 0.3) is 5.56 Å². The van der Waals surface area contributed by atoms with Gasteiger partial charge in [0, 0.05) is 7.05 Å². The number of nitrogens with one attached hydrogen (secondary N) is 1. The number of sulfonamides is 1. The molecule has 1 N–H and O–H groups in total. The predicted molar refractivity (Wildman–Crippen MR) is 122 cm³/mol. The molecule has 3 aromatic rings. The molecular weight excluding hydrogens is 416 g/mol. The van der Waals surface area contributed by atoms with E-state index >= 15 is 0 Å². The van der Waals surface area contributed by atoms with E-state index in [-0.39, 0.29) is 5.69 Å². The van der Waals surface area contributed by atoms with Gasteiger partial charge in [-0.15, -0.1) is 0 Å². The third-order valence-electron chi connectivity index (χ3n) is 5.18. The molecule has 164 valence electrons. The number of hydrogen-bond donors (Lipinski definition) is 1. The van der Waals surface area contributed by atoms with Gasteiger partial charge in [0.05, 0.1) is 23.3 Å². The second kappa shape index (κ2) is 8.43. The van der Waals surface area contributed by atoms with Crippen molar-refractivity contribution < 1.29 is 13.2 Å². The van der Waals surface area contributed by atoms with E-state index in [1.807, 2.05) is 25.1 Å². The van der Waals surface area contributed by atoms with Gasteiger partial charge in [0.2, 0.25) is 15.9 Å². The molecule has 2 aromatic carbocycles. The molecule has 8 nitrogen and oxygen atoms in total. The predicted octanol–water partition coefficient (Wildman–Crippen LogP) is 2.59. The second-order valence-electron chi connectivity index (χ2n) is 7.50. The van der Waals surface area contributed by atoms with Crippen LogP contribution in [0.5, 0.6) is 0 Å². The minimum atomic E-state index is -3.75. The molecule has 0 radical (unpaired) electrons. The van der Waals surface area contributed by atoms with Gasteiger partial charge in [-0.1, -0.05) is 35.9 Å². The molecule has 0 saturated carbocycles. The fraction of sp³-hybridized carbons (Fsp3) is 0.273. The van der Waals surface area contributed by atoms with Crippen molar-refractivity contribution in [2.24, 2.45) is 7.05 Å². The summed E-state index contributed by atoms with van der Waals surface area (Å²) in [5, 5.41) is 2.64. The summed E-state index contributed by atoms with van der Waals surface area (Å²) >= 11 is 0. The number of carbonyl (C=O) groups excluding carboxylic acids is 1. The monoisotopic (exact) mass is 442 g/mol. The number of benzene rings is 2. The summed E-state index contributed by atoms with van der Waals surface area (Å²) in [4.78, 5) is 26.1. The van der Waals surface area contributed by atoms with Crippen molar-refractivity contribution in [3.05, 3.63) is 76.2 Å². The molecule has 9 heteroatoms. The van der Waals surface area contributed by atoms with Crippen LogP contribution in [0.15, 0.2) is 59.4 Å². The Morgan fingerprint density at radius 1 is 1.03 bits per heavy atom. The number of aryl methyl sites for hydroxylation is 1. The molecule has 1 heterocycles. The van der Waals surface area contributed by atoms with Crippen LogP contribution in [0.3, 0.4) is 0 Å². The number of para-hydroxylation sites is 1. The summed E-state index contributed by atoms with van der Waals surface area (Å²) in [5.41, 5.74) is 2.27. The quantitative estimate of drug-likeness (QED) is 0.635. The zero-order chi connectivity index (χ0) is 22.9. The van der Waals surface area contributed by atoms with E-state index in [0.717, 1.165) is 16.1 Å². The maximum Gasteiger partial charge on any atom is 0.295 e. The Morgan fingerprint density at radius 2 is 1.61 bits per heavy atom. The van der Waals surface area contributed by atoms with Crippen molar-refractivity contribution in [2.45, 2.75) is 26.8 Å². The summed E-state index contributed by atoms with van der Waals surface area (Å²) in [7, 11) is -2.03. The van der Waals surface area contributed by atoms with E-state index in [0.29, 0.717) is 17.1 Å². The lowest BCUT2D eigenvalue weighted by atomic mass is 10.2. The van der Waals surface area contributed by atoms with Crippen molar-refractivity contribution >= 4 is 27.3 Å². The zero-order valence-corrected chi connectivity index (χ0v) is 19.0. The smallest absolute Gasteiger partial charge is 0.295 e. The molecular formula is C22H26N4O4S. The molecule has 1 atom stereocenters. The average Bonchev–Trinajstić information content (AvgIpc) is 2.92. The van der Waals surface area contributed by atoms with Crippen molar-refractivity contribution in [2.75, 3.05) is 15.9 Å².